The van der Waals surface area contributed by atoms with E-state index in [9.17, 15) is 9.59 Å². The van der Waals surface area contributed by atoms with Crippen LogP contribution in [0.15, 0.2) is 5.38 Å². The van der Waals surface area contributed by atoms with Crippen LogP contribution in [-0.2, 0) is 16.1 Å². The number of carbonyl (C=O) groups is 2. The number of hydrogen-bond donors (Lipinski definition) is 0. The molecule has 0 saturated heterocycles. The number of carbonyl (C=O) groups excluding carboxylic acids is 2. The van der Waals surface area contributed by atoms with Gasteiger partial charge in [-0.05, 0) is 31.1 Å². The van der Waals surface area contributed by atoms with Gasteiger partial charge in [0.2, 0.25) is 5.91 Å². The quantitative estimate of drug-likeness (QED) is 0.376. The molecule has 5 nitrogen and oxygen atoms in total. The van der Waals surface area contributed by atoms with Crippen LogP contribution in [0, 0.1) is 11.3 Å². The number of thiazole rings is 1. The average molecular weight is 397 g/mol. The maximum Gasteiger partial charge on any atom is 0.357 e. The van der Waals surface area contributed by atoms with Gasteiger partial charge in [0.05, 0.1) is 13.2 Å². The predicted octanol–water partition coefficient (Wildman–Crippen LogP) is 5.30. The highest BCUT2D eigenvalue weighted by Crippen LogP contribution is 2.26. The zero-order valence-electron chi connectivity index (χ0n) is 17.8. The molecule has 1 aromatic heterocycles. The number of esters is 1. The third-order valence-electron chi connectivity index (χ3n) is 4.23. The summed E-state index contributed by atoms with van der Waals surface area (Å²) in [7, 11) is 0. The highest BCUT2D eigenvalue weighted by molar-refractivity contribution is 7.09. The number of rotatable bonds is 11. The van der Waals surface area contributed by atoms with E-state index in [0.29, 0.717) is 31.2 Å². The normalized spacial score (nSPS) is 12.7. The van der Waals surface area contributed by atoms with Crippen molar-refractivity contribution in [3.8, 4) is 0 Å². The summed E-state index contributed by atoms with van der Waals surface area (Å²) in [5, 5.41) is 2.50. The minimum Gasteiger partial charge on any atom is -0.461 e. The lowest BCUT2D eigenvalue weighted by Crippen LogP contribution is -2.33. The maximum atomic E-state index is 12.9. The SMILES string of the molecule is CCCCCN(Cc1nc(C(=O)OCC)cs1)C(=O)C[C@@H](C)CC(C)(C)C. The van der Waals surface area contributed by atoms with Crippen LogP contribution in [0.4, 0.5) is 0 Å². The Morgan fingerprint density at radius 3 is 2.56 bits per heavy atom. The van der Waals surface area contributed by atoms with Crippen molar-refractivity contribution in [2.75, 3.05) is 13.2 Å². The van der Waals surface area contributed by atoms with Gasteiger partial charge in [0, 0.05) is 18.3 Å². The molecule has 1 amide bonds. The number of ether oxygens (including phenoxy) is 1. The summed E-state index contributed by atoms with van der Waals surface area (Å²) in [5.41, 5.74) is 0.551. The molecule has 154 valence electrons. The number of hydrogen-bond acceptors (Lipinski definition) is 5. The monoisotopic (exact) mass is 396 g/mol. The first kappa shape index (κ1) is 23.6. The molecule has 0 N–H and O–H groups in total. The van der Waals surface area contributed by atoms with Crippen molar-refractivity contribution in [1.82, 2.24) is 9.88 Å². The van der Waals surface area contributed by atoms with Crippen LogP contribution < -0.4 is 0 Å². The van der Waals surface area contributed by atoms with Gasteiger partial charge in [0.15, 0.2) is 5.69 Å². The Labute approximate surface area is 168 Å². The maximum absolute atomic E-state index is 12.9. The summed E-state index contributed by atoms with van der Waals surface area (Å²) in [6.07, 6.45) is 4.79. The van der Waals surface area contributed by atoms with E-state index in [2.05, 4.69) is 39.6 Å². The van der Waals surface area contributed by atoms with Crippen molar-refractivity contribution in [2.45, 2.75) is 80.2 Å². The van der Waals surface area contributed by atoms with Crippen LogP contribution in [0.5, 0.6) is 0 Å². The van der Waals surface area contributed by atoms with Gasteiger partial charge in [0.1, 0.15) is 5.01 Å². The summed E-state index contributed by atoms with van der Waals surface area (Å²) < 4.78 is 5.00. The molecule has 1 heterocycles. The number of aromatic nitrogens is 1. The van der Waals surface area contributed by atoms with Gasteiger partial charge in [-0.2, -0.15) is 0 Å². The molecule has 0 aromatic carbocycles. The van der Waals surface area contributed by atoms with Crippen LogP contribution in [-0.4, -0.2) is 34.9 Å². The molecule has 0 aliphatic rings. The van der Waals surface area contributed by atoms with Crippen molar-refractivity contribution in [3.63, 3.8) is 0 Å². The third-order valence-corrected chi connectivity index (χ3v) is 5.06. The average Bonchev–Trinajstić information content (AvgIpc) is 3.01. The van der Waals surface area contributed by atoms with Crippen molar-refractivity contribution in [1.29, 1.82) is 0 Å². The molecule has 0 unspecified atom stereocenters. The van der Waals surface area contributed by atoms with Gasteiger partial charge in [-0.15, -0.1) is 11.3 Å². The number of nitrogens with zero attached hydrogens (tertiary/aromatic N) is 2. The van der Waals surface area contributed by atoms with Crippen molar-refractivity contribution in [2.24, 2.45) is 11.3 Å². The lowest BCUT2D eigenvalue weighted by molar-refractivity contribution is -0.133. The minimum atomic E-state index is -0.400. The molecule has 6 heteroatoms. The van der Waals surface area contributed by atoms with Crippen molar-refractivity contribution < 1.29 is 14.3 Å². The summed E-state index contributed by atoms with van der Waals surface area (Å²) >= 11 is 1.41. The van der Waals surface area contributed by atoms with E-state index in [4.69, 9.17) is 4.74 Å². The minimum absolute atomic E-state index is 0.177. The molecule has 0 aliphatic carbocycles. The Kier molecular flexibility index (Phi) is 9.99. The van der Waals surface area contributed by atoms with Gasteiger partial charge in [0.25, 0.3) is 0 Å². The molecule has 0 radical (unpaired) electrons. The zero-order valence-corrected chi connectivity index (χ0v) is 18.7. The van der Waals surface area contributed by atoms with Crippen LogP contribution in [0.2, 0.25) is 0 Å². The first-order chi connectivity index (χ1) is 12.7. The van der Waals surface area contributed by atoms with Gasteiger partial charge in [-0.3, -0.25) is 4.79 Å². The fourth-order valence-corrected chi connectivity index (χ4v) is 4.01. The second-order valence-corrected chi connectivity index (χ2v) is 9.39. The van der Waals surface area contributed by atoms with Gasteiger partial charge < -0.3 is 9.64 Å². The summed E-state index contributed by atoms with van der Waals surface area (Å²) in [5.74, 6) is 0.121. The Bertz CT molecular complexity index is 592. The van der Waals surface area contributed by atoms with E-state index >= 15 is 0 Å². The van der Waals surface area contributed by atoms with E-state index in [1.165, 1.54) is 11.3 Å². The van der Waals surface area contributed by atoms with Gasteiger partial charge in [-0.1, -0.05) is 47.5 Å². The largest absolute Gasteiger partial charge is 0.461 e. The molecule has 0 aliphatic heterocycles. The Morgan fingerprint density at radius 1 is 1.26 bits per heavy atom. The zero-order chi connectivity index (χ0) is 20.4. The highest BCUT2D eigenvalue weighted by Gasteiger charge is 2.22. The fraction of sp³-hybridized carbons (Fsp3) is 0.762. The number of unbranched alkanes of at least 4 members (excludes halogenated alkanes) is 2. The lowest BCUT2D eigenvalue weighted by Gasteiger charge is -2.26. The smallest absolute Gasteiger partial charge is 0.357 e. The molecular formula is C21H36N2O3S. The van der Waals surface area contributed by atoms with Crippen LogP contribution in [0.25, 0.3) is 0 Å². The predicted molar refractivity (Wildman–Crippen MR) is 111 cm³/mol. The first-order valence-electron chi connectivity index (χ1n) is 10.1. The second-order valence-electron chi connectivity index (χ2n) is 8.44. The van der Waals surface area contributed by atoms with Crippen LogP contribution >= 0.6 is 11.3 Å². The Hall–Kier alpha value is -1.43. The first-order valence-corrected chi connectivity index (χ1v) is 10.9. The Balaban J connectivity index is 2.75. The van der Waals surface area contributed by atoms with Crippen LogP contribution in [0.1, 0.15) is 89.1 Å². The van der Waals surface area contributed by atoms with Crippen molar-refractivity contribution in [3.05, 3.63) is 16.1 Å². The molecular weight excluding hydrogens is 360 g/mol. The highest BCUT2D eigenvalue weighted by atomic mass is 32.1. The molecule has 0 bridgehead atoms. The van der Waals surface area contributed by atoms with Crippen LogP contribution in [0.3, 0.4) is 0 Å². The lowest BCUT2D eigenvalue weighted by atomic mass is 9.84. The second kappa shape index (κ2) is 11.4. The van der Waals surface area contributed by atoms with E-state index in [0.717, 1.165) is 37.2 Å². The number of amides is 1. The topological polar surface area (TPSA) is 59.5 Å². The fourth-order valence-electron chi connectivity index (χ4n) is 3.23. The molecule has 1 atom stereocenters. The standard InChI is InChI=1S/C21H36N2O3S/c1-7-9-10-11-23(19(24)12-16(3)13-21(4,5)6)14-18-22-17(15-27-18)20(25)26-8-2/h15-16H,7-14H2,1-6H3/t16-/m1/s1. The third kappa shape index (κ3) is 9.36. The van der Waals surface area contributed by atoms with E-state index in [1.807, 2.05) is 4.90 Å². The van der Waals surface area contributed by atoms with Crippen molar-refractivity contribution >= 4 is 23.2 Å². The molecule has 0 spiro atoms. The molecule has 1 aromatic rings. The van der Waals surface area contributed by atoms with Gasteiger partial charge >= 0.3 is 5.97 Å². The summed E-state index contributed by atoms with van der Waals surface area (Å²) in [6.45, 7) is 14.2. The molecule has 0 fully saturated rings. The van der Waals surface area contributed by atoms with E-state index < -0.39 is 5.97 Å². The molecule has 0 saturated carbocycles. The molecule has 27 heavy (non-hydrogen) atoms. The molecule has 1 rings (SSSR count). The van der Waals surface area contributed by atoms with E-state index in [-0.39, 0.29) is 11.3 Å². The summed E-state index contributed by atoms with van der Waals surface area (Å²) in [4.78, 5) is 31.0. The van der Waals surface area contributed by atoms with E-state index in [1.54, 1.807) is 12.3 Å². The van der Waals surface area contributed by atoms with Gasteiger partial charge in [-0.25, -0.2) is 9.78 Å². The summed E-state index contributed by atoms with van der Waals surface area (Å²) in [6, 6.07) is 0. The Morgan fingerprint density at radius 2 is 1.96 bits per heavy atom.